The number of thioether (sulfide) groups is 1. The summed E-state index contributed by atoms with van der Waals surface area (Å²) in [7, 11) is 0. The molecule has 0 unspecified atom stereocenters. The number of halogens is 2. The van der Waals surface area contributed by atoms with Crippen LogP contribution >= 0.6 is 11.8 Å². The Morgan fingerprint density at radius 1 is 1.00 bits per heavy atom. The molecule has 0 saturated carbocycles. The second kappa shape index (κ2) is 9.09. The number of aryl methyl sites for hydroxylation is 1. The minimum Gasteiger partial charge on any atom is -0.325 e. The molecule has 0 spiro atoms. The molecule has 1 heterocycles. The van der Waals surface area contributed by atoms with E-state index in [9.17, 15) is 13.6 Å². The van der Waals surface area contributed by atoms with Crippen LogP contribution in [0.4, 0.5) is 14.5 Å². The van der Waals surface area contributed by atoms with E-state index in [1.807, 2.05) is 31.2 Å². The summed E-state index contributed by atoms with van der Waals surface area (Å²) in [4.78, 5) is 12.4. The fourth-order valence-electron chi connectivity index (χ4n) is 3.05. The van der Waals surface area contributed by atoms with Gasteiger partial charge in [0.05, 0.1) is 11.3 Å². The molecule has 1 amide bonds. The zero-order valence-corrected chi connectivity index (χ0v) is 17.4. The molecule has 0 atom stereocenters. The molecule has 5 nitrogen and oxygen atoms in total. The van der Waals surface area contributed by atoms with Gasteiger partial charge < -0.3 is 5.32 Å². The lowest BCUT2D eigenvalue weighted by molar-refractivity contribution is -0.113. The van der Waals surface area contributed by atoms with E-state index in [0.29, 0.717) is 16.5 Å². The van der Waals surface area contributed by atoms with E-state index in [0.717, 1.165) is 17.3 Å². The average Bonchev–Trinajstić information content (AvgIpc) is 3.17. The molecule has 0 aliphatic carbocycles. The highest BCUT2D eigenvalue weighted by Crippen LogP contribution is 2.29. The molecule has 4 aromatic rings. The summed E-state index contributed by atoms with van der Waals surface area (Å²) in [5.41, 5.74) is 2.57. The van der Waals surface area contributed by atoms with Gasteiger partial charge in [-0.15, -0.1) is 10.2 Å². The number of rotatable bonds is 6. The first-order chi connectivity index (χ1) is 15.0. The Morgan fingerprint density at radius 3 is 2.52 bits per heavy atom. The molecule has 3 aromatic carbocycles. The van der Waals surface area contributed by atoms with Gasteiger partial charge >= 0.3 is 0 Å². The smallest absolute Gasteiger partial charge is 0.234 e. The molecule has 8 heteroatoms. The number of aromatic nitrogens is 3. The van der Waals surface area contributed by atoms with Crippen molar-refractivity contribution in [3.63, 3.8) is 0 Å². The molecular formula is C23H18F2N4OS. The Kier molecular flexibility index (Phi) is 6.08. The van der Waals surface area contributed by atoms with Crippen molar-refractivity contribution < 1.29 is 13.6 Å². The number of nitrogens with zero attached hydrogens (tertiary/aromatic N) is 3. The summed E-state index contributed by atoms with van der Waals surface area (Å²) in [6.07, 6.45) is 0. The summed E-state index contributed by atoms with van der Waals surface area (Å²) in [6, 6.07) is 19.4. The van der Waals surface area contributed by atoms with Gasteiger partial charge in [-0.3, -0.25) is 9.36 Å². The average molecular weight is 436 g/mol. The van der Waals surface area contributed by atoms with Crippen molar-refractivity contribution >= 4 is 23.4 Å². The lowest BCUT2D eigenvalue weighted by atomic mass is 10.2. The van der Waals surface area contributed by atoms with Crippen molar-refractivity contribution in [3.05, 3.63) is 90.0 Å². The Morgan fingerprint density at radius 2 is 1.77 bits per heavy atom. The second-order valence-corrected chi connectivity index (χ2v) is 7.75. The highest BCUT2D eigenvalue weighted by atomic mass is 32.2. The molecule has 0 bridgehead atoms. The Labute approximate surface area is 182 Å². The molecule has 4 rings (SSSR count). The second-order valence-electron chi connectivity index (χ2n) is 6.80. The fourth-order valence-corrected chi connectivity index (χ4v) is 3.81. The van der Waals surface area contributed by atoms with Crippen LogP contribution in [0.3, 0.4) is 0 Å². The van der Waals surface area contributed by atoms with Crippen LogP contribution in [0.25, 0.3) is 17.1 Å². The van der Waals surface area contributed by atoms with Crippen molar-refractivity contribution in [2.45, 2.75) is 12.1 Å². The van der Waals surface area contributed by atoms with Crippen molar-refractivity contribution in [2.75, 3.05) is 11.1 Å². The standard InChI is InChI=1S/C23H18F2N4OS/c1-15-5-4-6-17(13-15)26-21(30)14-31-23-28-27-22(19-7-2-3-8-20(19)25)29(23)18-11-9-16(24)10-12-18/h2-13H,14H2,1H3,(H,26,30). The predicted molar refractivity (Wildman–Crippen MR) is 117 cm³/mol. The molecule has 1 N–H and O–H groups in total. The third-order valence-electron chi connectivity index (χ3n) is 4.47. The first kappa shape index (κ1) is 20.7. The minimum atomic E-state index is -0.452. The SMILES string of the molecule is Cc1cccc(NC(=O)CSc2nnc(-c3ccccc3F)n2-c2ccc(F)cc2)c1. The number of hydrogen-bond donors (Lipinski definition) is 1. The molecule has 0 fully saturated rings. The number of nitrogens with one attached hydrogen (secondary N) is 1. The van der Waals surface area contributed by atoms with Gasteiger partial charge in [0.2, 0.25) is 5.91 Å². The van der Waals surface area contributed by atoms with Crippen LogP contribution in [-0.2, 0) is 4.79 Å². The zero-order valence-electron chi connectivity index (χ0n) is 16.5. The quantitative estimate of drug-likeness (QED) is 0.419. The van der Waals surface area contributed by atoms with Crippen LogP contribution in [0, 0.1) is 18.6 Å². The van der Waals surface area contributed by atoms with Crippen LogP contribution in [0.5, 0.6) is 0 Å². The number of carbonyl (C=O) groups excluding carboxylic acids is 1. The van der Waals surface area contributed by atoms with Gasteiger partial charge in [0.25, 0.3) is 0 Å². The lowest BCUT2D eigenvalue weighted by Crippen LogP contribution is -2.14. The van der Waals surface area contributed by atoms with Gasteiger partial charge in [-0.1, -0.05) is 36.0 Å². The Hall–Kier alpha value is -3.52. The summed E-state index contributed by atoms with van der Waals surface area (Å²) in [5.74, 6) is -0.712. The third kappa shape index (κ3) is 4.80. The Bertz CT molecular complexity index is 1220. The summed E-state index contributed by atoms with van der Waals surface area (Å²) < 4.78 is 29.5. The normalized spacial score (nSPS) is 10.8. The van der Waals surface area contributed by atoms with Gasteiger partial charge in [0.15, 0.2) is 11.0 Å². The molecule has 0 aliphatic heterocycles. The highest BCUT2D eigenvalue weighted by molar-refractivity contribution is 7.99. The van der Waals surface area contributed by atoms with E-state index in [1.54, 1.807) is 34.9 Å². The first-order valence-electron chi connectivity index (χ1n) is 9.47. The number of amides is 1. The van der Waals surface area contributed by atoms with Crippen LogP contribution < -0.4 is 5.32 Å². The van der Waals surface area contributed by atoms with Gasteiger partial charge in [-0.05, 0) is 61.0 Å². The molecular weight excluding hydrogens is 418 g/mol. The maximum Gasteiger partial charge on any atom is 0.234 e. The number of hydrogen-bond acceptors (Lipinski definition) is 4. The van der Waals surface area contributed by atoms with Crippen LogP contribution in [0.1, 0.15) is 5.56 Å². The van der Waals surface area contributed by atoms with E-state index in [1.165, 1.54) is 18.2 Å². The molecule has 0 saturated heterocycles. The van der Waals surface area contributed by atoms with Crippen LogP contribution in [0.15, 0.2) is 78.0 Å². The van der Waals surface area contributed by atoms with Gasteiger partial charge in [-0.2, -0.15) is 0 Å². The number of carbonyl (C=O) groups is 1. The molecule has 1 aromatic heterocycles. The van der Waals surface area contributed by atoms with E-state index in [4.69, 9.17) is 0 Å². The molecule has 0 radical (unpaired) electrons. The monoisotopic (exact) mass is 436 g/mol. The fraction of sp³-hybridized carbons (Fsp3) is 0.0870. The topological polar surface area (TPSA) is 59.8 Å². The van der Waals surface area contributed by atoms with Crippen molar-refractivity contribution in [1.82, 2.24) is 14.8 Å². The lowest BCUT2D eigenvalue weighted by Gasteiger charge is -2.11. The van der Waals surface area contributed by atoms with Crippen molar-refractivity contribution in [3.8, 4) is 17.1 Å². The zero-order chi connectivity index (χ0) is 21.8. The maximum absolute atomic E-state index is 14.4. The summed E-state index contributed by atoms with van der Waals surface area (Å²) in [6.45, 7) is 1.94. The maximum atomic E-state index is 14.4. The van der Waals surface area contributed by atoms with Crippen LogP contribution in [-0.4, -0.2) is 26.4 Å². The number of benzene rings is 3. The largest absolute Gasteiger partial charge is 0.325 e. The van der Waals surface area contributed by atoms with E-state index in [2.05, 4.69) is 15.5 Å². The molecule has 156 valence electrons. The first-order valence-corrected chi connectivity index (χ1v) is 10.5. The molecule has 0 aliphatic rings. The molecule has 31 heavy (non-hydrogen) atoms. The Balaban J connectivity index is 1.62. The van der Waals surface area contributed by atoms with Gasteiger partial charge in [-0.25, -0.2) is 8.78 Å². The highest BCUT2D eigenvalue weighted by Gasteiger charge is 2.19. The predicted octanol–water partition coefficient (Wildman–Crippen LogP) is 5.25. The summed E-state index contributed by atoms with van der Waals surface area (Å²) >= 11 is 1.16. The van der Waals surface area contributed by atoms with Crippen molar-refractivity contribution in [2.24, 2.45) is 0 Å². The van der Waals surface area contributed by atoms with E-state index < -0.39 is 11.6 Å². The minimum absolute atomic E-state index is 0.0740. The van der Waals surface area contributed by atoms with Gasteiger partial charge in [0, 0.05) is 11.4 Å². The number of anilines is 1. The summed E-state index contributed by atoms with van der Waals surface area (Å²) in [5, 5.41) is 11.5. The van der Waals surface area contributed by atoms with E-state index in [-0.39, 0.29) is 23.0 Å². The van der Waals surface area contributed by atoms with E-state index >= 15 is 0 Å². The van der Waals surface area contributed by atoms with Crippen molar-refractivity contribution in [1.29, 1.82) is 0 Å². The van der Waals surface area contributed by atoms with Crippen LogP contribution in [0.2, 0.25) is 0 Å². The third-order valence-corrected chi connectivity index (χ3v) is 5.40. The van der Waals surface area contributed by atoms with Gasteiger partial charge in [0.1, 0.15) is 11.6 Å².